The van der Waals surface area contributed by atoms with Gasteiger partial charge in [-0.1, -0.05) is 12.1 Å². The lowest BCUT2D eigenvalue weighted by Crippen LogP contribution is -2.39. The Morgan fingerprint density at radius 2 is 2.12 bits per heavy atom. The van der Waals surface area contributed by atoms with Crippen LogP contribution in [0.5, 0.6) is 0 Å². The molecule has 132 valence electrons. The van der Waals surface area contributed by atoms with Crippen molar-refractivity contribution in [2.45, 2.75) is 25.4 Å². The third kappa shape index (κ3) is 4.96. The van der Waals surface area contributed by atoms with Crippen molar-refractivity contribution in [3.05, 3.63) is 29.8 Å². The first-order valence-corrected chi connectivity index (χ1v) is 9.90. The molecule has 2 N–H and O–H groups in total. The Kier molecular flexibility index (Phi) is 6.54. The van der Waals surface area contributed by atoms with Crippen molar-refractivity contribution >= 4 is 23.4 Å². The Hall–Kier alpha value is -1.08. The van der Waals surface area contributed by atoms with Crippen LogP contribution in [0.25, 0.3) is 0 Å². The van der Waals surface area contributed by atoms with Gasteiger partial charge in [0.05, 0.1) is 13.2 Å². The average Bonchev–Trinajstić information content (AvgIpc) is 2.63. The quantitative estimate of drug-likeness (QED) is 0.853. The predicted molar refractivity (Wildman–Crippen MR) is 99.6 cm³/mol. The first kappa shape index (κ1) is 17.7. The molecule has 24 heavy (non-hydrogen) atoms. The van der Waals surface area contributed by atoms with Crippen LogP contribution in [0.1, 0.15) is 24.9 Å². The van der Waals surface area contributed by atoms with Gasteiger partial charge in [0.25, 0.3) is 0 Å². The van der Waals surface area contributed by atoms with Gasteiger partial charge < -0.3 is 15.4 Å². The molecule has 5 nitrogen and oxygen atoms in total. The highest BCUT2D eigenvalue weighted by molar-refractivity contribution is 7.99. The molecule has 0 bridgehead atoms. The standard InChI is InChI=1S/C18H27N3O2S/c1-14(21-7-9-23-10-8-21)15-2-4-16(5-3-15)20-18(22)12-17-13-24-11-6-19-17/h2-5,14,17,19H,6-13H2,1H3,(H,20,22). The first-order valence-electron chi connectivity index (χ1n) is 8.75. The summed E-state index contributed by atoms with van der Waals surface area (Å²) >= 11 is 1.91. The number of rotatable bonds is 5. The molecule has 3 rings (SSSR count). The van der Waals surface area contributed by atoms with E-state index in [1.165, 1.54) is 5.56 Å². The summed E-state index contributed by atoms with van der Waals surface area (Å²) in [5.74, 6) is 2.24. The third-order valence-electron chi connectivity index (χ3n) is 4.70. The van der Waals surface area contributed by atoms with E-state index in [4.69, 9.17) is 4.74 Å². The zero-order valence-electron chi connectivity index (χ0n) is 14.3. The fourth-order valence-electron chi connectivity index (χ4n) is 3.21. The van der Waals surface area contributed by atoms with Crippen LogP contribution < -0.4 is 10.6 Å². The van der Waals surface area contributed by atoms with E-state index in [0.717, 1.165) is 50.0 Å². The van der Waals surface area contributed by atoms with Crippen molar-refractivity contribution in [3.63, 3.8) is 0 Å². The molecule has 1 amide bonds. The minimum atomic E-state index is 0.0870. The summed E-state index contributed by atoms with van der Waals surface area (Å²) in [5, 5.41) is 6.41. The van der Waals surface area contributed by atoms with E-state index in [-0.39, 0.29) is 5.91 Å². The van der Waals surface area contributed by atoms with E-state index in [9.17, 15) is 4.79 Å². The highest BCUT2D eigenvalue weighted by Gasteiger charge is 2.19. The summed E-state index contributed by atoms with van der Waals surface area (Å²) < 4.78 is 5.42. The molecule has 0 aliphatic carbocycles. The number of nitrogens with zero attached hydrogens (tertiary/aromatic N) is 1. The lowest BCUT2D eigenvalue weighted by Gasteiger charge is -2.32. The summed E-state index contributed by atoms with van der Waals surface area (Å²) in [6, 6.07) is 8.92. The van der Waals surface area contributed by atoms with Crippen LogP contribution in [0, 0.1) is 0 Å². The second-order valence-corrected chi connectivity index (χ2v) is 7.57. The van der Waals surface area contributed by atoms with Gasteiger partial charge in [0.1, 0.15) is 0 Å². The Labute approximate surface area is 148 Å². The van der Waals surface area contributed by atoms with Gasteiger partial charge in [0.2, 0.25) is 5.91 Å². The van der Waals surface area contributed by atoms with Crippen LogP contribution in [-0.2, 0) is 9.53 Å². The van der Waals surface area contributed by atoms with Gasteiger partial charge in [-0.25, -0.2) is 0 Å². The Balaban J connectivity index is 1.51. The molecule has 0 aromatic heterocycles. The smallest absolute Gasteiger partial charge is 0.225 e. The van der Waals surface area contributed by atoms with E-state index < -0.39 is 0 Å². The number of anilines is 1. The number of amides is 1. The van der Waals surface area contributed by atoms with Crippen LogP contribution in [-0.4, -0.2) is 61.2 Å². The summed E-state index contributed by atoms with van der Waals surface area (Å²) in [6.07, 6.45) is 0.541. The van der Waals surface area contributed by atoms with Crippen molar-refractivity contribution in [1.29, 1.82) is 0 Å². The Bertz CT molecular complexity index is 526. The van der Waals surface area contributed by atoms with Gasteiger partial charge in [0, 0.05) is 55.3 Å². The second-order valence-electron chi connectivity index (χ2n) is 6.42. The molecule has 2 unspecified atom stereocenters. The molecule has 0 radical (unpaired) electrons. The van der Waals surface area contributed by atoms with E-state index in [2.05, 4.69) is 34.6 Å². The van der Waals surface area contributed by atoms with Crippen LogP contribution in [0.4, 0.5) is 5.69 Å². The molecular formula is C18H27N3O2S. The summed E-state index contributed by atoms with van der Waals surface area (Å²) in [4.78, 5) is 14.6. The van der Waals surface area contributed by atoms with Gasteiger partial charge >= 0.3 is 0 Å². The highest BCUT2D eigenvalue weighted by atomic mass is 32.2. The van der Waals surface area contributed by atoms with Crippen LogP contribution in [0.15, 0.2) is 24.3 Å². The van der Waals surface area contributed by atoms with Crippen molar-refractivity contribution < 1.29 is 9.53 Å². The number of benzene rings is 1. The van der Waals surface area contributed by atoms with E-state index in [1.54, 1.807) is 0 Å². The molecule has 1 aromatic carbocycles. The Morgan fingerprint density at radius 3 is 2.79 bits per heavy atom. The summed E-state index contributed by atoms with van der Waals surface area (Å²) in [7, 11) is 0. The van der Waals surface area contributed by atoms with Gasteiger partial charge in [-0.15, -0.1) is 0 Å². The summed E-state index contributed by atoms with van der Waals surface area (Å²) in [6.45, 7) is 6.80. The average molecular weight is 350 g/mol. The highest BCUT2D eigenvalue weighted by Crippen LogP contribution is 2.23. The minimum absolute atomic E-state index is 0.0870. The number of carbonyl (C=O) groups is 1. The number of thioether (sulfide) groups is 1. The van der Waals surface area contributed by atoms with Crippen molar-refractivity contribution in [3.8, 4) is 0 Å². The van der Waals surface area contributed by atoms with Crippen molar-refractivity contribution in [1.82, 2.24) is 10.2 Å². The largest absolute Gasteiger partial charge is 0.379 e. The maximum absolute atomic E-state index is 12.2. The monoisotopic (exact) mass is 349 g/mol. The third-order valence-corrected chi connectivity index (χ3v) is 5.83. The fourth-order valence-corrected chi connectivity index (χ4v) is 4.16. The molecule has 0 saturated carbocycles. The van der Waals surface area contributed by atoms with Crippen LogP contribution >= 0.6 is 11.8 Å². The lowest BCUT2D eigenvalue weighted by atomic mass is 10.1. The predicted octanol–water partition coefficient (Wildman–Crippen LogP) is 2.11. The number of nitrogens with one attached hydrogen (secondary N) is 2. The van der Waals surface area contributed by atoms with Crippen molar-refractivity contribution in [2.75, 3.05) is 49.7 Å². The number of ether oxygens (including phenoxy) is 1. The topological polar surface area (TPSA) is 53.6 Å². The fraction of sp³-hybridized carbons (Fsp3) is 0.611. The van der Waals surface area contributed by atoms with E-state index in [1.807, 2.05) is 23.9 Å². The van der Waals surface area contributed by atoms with Gasteiger partial charge in [0.15, 0.2) is 0 Å². The molecule has 2 aliphatic heterocycles. The molecular weight excluding hydrogens is 322 g/mol. The zero-order valence-corrected chi connectivity index (χ0v) is 15.1. The van der Waals surface area contributed by atoms with Gasteiger partial charge in [-0.3, -0.25) is 9.69 Å². The Morgan fingerprint density at radius 1 is 1.38 bits per heavy atom. The number of hydrogen-bond donors (Lipinski definition) is 2. The normalized spacial score (nSPS) is 23.6. The molecule has 2 heterocycles. The lowest BCUT2D eigenvalue weighted by molar-refractivity contribution is -0.116. The molecule has 1 aromatic rings. The molecule has 2 atom stereocenters. The molecule has 6 heteroatoms. The van der Waals surface area contributed by atoms with E-state index >= 15 is 0 Å². The molecule has 2 fully saturated rings. The first-order chi connectivity index (χ1) is 11.7. The van der Waals surface area contributed by atoms with Crippen LogP contribution in [0.2, 0.25) is 0 Å². The zero-order chi connectivity index (χ0) is 16.8. The van der Waals surface area contributed by atoms with E-state index in [0.29, 0.717) is 18.5 Å². The number of carbonyl (C=O) groups excluding carboxylic acids is 1. The molecule has 0 spiro atoms. The number of hydrogen-bond acceptors (Lipinski definition) is 5. The van der Waals surface area contributed by atoms with Crippen molar-refractivity contribution in [2.24, 2.45) is 0 Å². The molecule has 2 aliphatic rings. The van der Waals surface area contributed by atoms with Gasteiger partial charge in [-0.2, -0.15) is 11.8 Å². The maximum Gasteiger partial charge on any atom is 0.225 e. The maximum atomic E-state index is 12.2. The number of morpholine rings is 1. The van der Waals surface area contributed by atoms with Gasteiger partial charge in [-0.05, 0) is 24.6 Å². The summed E-state index contributed by atoms with van der Waals surface area (Å²) in [5.41, 5.74) is 2.15. The van der Waals surface area contributed by atoms with Crippen LogP contribution in [0.3, 0.4) is 0 Å². The molecule has 2 saturated heterocycles. The minimum Gasteiger partial charge on any atom is -0.379 e. The SMILES string of the molecule is CC(c1ccc(NC(=O)CC2CSCCN2)cc1)N1CCOCC1. The second kappa shape index (κ2) is 8.85.